The molecule has 1 saturated carbocycles. The Morgan fingerprint density at radius 3 is 2.30 bits per heavy atom. The molecule has 1 rings (SSSR count). The minimum atomic E-state index is -1.29. The predicted molar refractivity (Wildman–Crippen MR) is 85.9 cm³/mol. The molecule has 0 aromatic rings. The van der Waals surface area contributed by atoms with Gasteiger partial charge >= 0.3 is 12.1 Å². The minimum absolute atomic E-state index is 0.370. The average Bonchev–Trinajstić information content (AvgIpc) is 2.42. The molecule has 1 unspecified atom stereocenters. The molecule has 9 nitrogen and oxygen atoms in total. The first kappa shape index (κ1) is 21.0. The fourth-order valence-corrected chi connectivity index (χ4v) is 1.89. The number of alkyl carbamates (subject to hydrolysis) is 1. The molecule has 0 aromatic carbocycles. The summed E-state index contributed by atoms with van der Waals surface area (Å²) in [5.41, 5.74) is 13.0. The molecule has 1 aliphatic rings. The predicted octanol–water partition coefficient (Wildman–Crippen LogP) is 2.55. The van der Waals surface area contributed by atoms with Crippen molar-refractivity contribution in [2.24, 2.45) is 10.8 Å². The molecule has 0 spiro atoms. The molecule has 23 heavy (non-hydrogen) atoms. The third-order valence-corrected chi connectivity index (χ3v) is 2.97. The smallest absolute Gasteiger partial charge is 0.408 e. The topological polar surface area (TPSA) is 150 Å². The summed E-state index contributed by atoms with van der Waals surface area (Å²) in [6.07, 6.45) is 5.80. The Hall–Kier alpha value is -1.99. The van der Waals surface area contributed by atoms with E-state index < -0.39 is 23.7 Å². The van der Waals surface area contributed by atoms with Gasteiger partial charge in [-0.1, -0.05) is 24.4 Å². The van der Waals surface area contributed by atoms with Crippen LogP contribution < -0.4 is 11.1 Å². The summed E-state index contributed by atoms with van der Waals surface area (Å²) in [6, 6.07) is -0.750. The van der Waals surface area contributed by atoms with Crippen LogP contribution >= 0.6 is 0 Å². The van der Waals surface area contributed by atoms with Crippen LogP contribution in [0.25, 0.3) is 10.4 Å². The van der Waals surface area contributed by atoms with Gasteiger partial charge in [-0.25, -0.2) is 9.59 Å². The van der Waals surface area contributed by atoms with E-state index in [9.17, 15) is 9.59 Å². The summed E-state index contributed by atoms with van der Waals surface area (Å²) in [6.45, 7) is 4.58. The maximum absolute atomic E-state index is 11.2. The molecule has 0 bridgehead atoms. The number of azide groups is 1. The largest absolute Gasteiger partial charge is 0.480 e. The van der Waals surface area contributed by atoms with E-state index in [2.05, 4.69) is 15.3 Å². The second kappa shape index (κ2) is 10.7. The number of carboxylic acid groups (broad SMARTS) is 1. The van der Waals surface area contributed by atoms with E-state index in [1.54, 1.807) is 20.8 Å². The zero-order valence-corrected chi connectivity index (χ0v) is 14.0. The molecule has 0 saturated heterocycles. The van der Waals surface area contributed by atoms with Crippen molar-refractivity contribution in [3.63, 3.8) is 0 Å². The summed E-state index contributed by atoms with van der Waals surface area (Å²) in [5.74, 6) is -1.29. The molecule has 0 aromatic heterocycles. The van der Waals surface area contributed by atoms with E-state index in [0.717, 1.165) is 0 Å². The molecule has 9 heteroatoms. The average molecular weight is 329 g/mol. The molecule has 1 atom stereocenters. The minimum Gasteiger partial charge on any atom is -0.480 e. The van der Waals surface area contributed by atoms with Crippen LogP contribution in [-0.2, 0) is 9.53 Å². The van der Waals surface area contributed by atoms with Crippen LogP contribution in [0.4, 0.5) is 4.79 Å². The number of hydrogen-bond acceptors (Lipinski definition) is 5. The van der Waals surface area contributed by atoms with Crippen molar-refractivity contribution >= 4 is 12.1 Å². The number of nitrogens with one attached hydrogen (secondary N) is 1. The first-order valence-corrected chi connectivity index (χ1v) is 7.64. The highest BCUT2D eigenvalue weighted by Crippen LogP contribution is 2.14. The van der Waals surface area contributed by atoms with Gasteiger partial charge in [0, 0.05) is 11.0 Å². The number of carboxylic acids is 1. The molecule has 132 valence electrons. The second-order valence-corrected chi connectivity index (χ2v) is 6.35. The molecule has 1 fully saturated rings. The van der Waals surface area contributed by atoms with Gasteiger partial charge in [0.1, 0.15) is 11.6 Å². The van der Waals surface area contributed by atoms with Gasteiger partial charge in [-0.2, -0.15) is 0 Å². The molecule has 4 N–H and O–H groups in total. The maximum atomic E-state index is 11.2. The monoisotopic (exact) mass is 329 g/mol. The van der Waals surface area contributed by atoms with Crippen molar-refractivity contribution in [1.29, 1.82) is 0 Å². The van der Waals surface area contributed by atoms with Crippen molar-refractivity contribution in [3.05, 3.63) is 10.4 Å². The summed E-state index contributed by atoms with van der Waals surface area (Å²) < 4.78 is 4.85. The molecular formula is C14H27N5O4. The lowest BCUT2D eigenvalue weighted by atomic mass is 9.97. The Balaban J connectivity index is 0.000000568. The summed E-state index contributed by atoms with van der Waals surface area (Å²) in [5, 5.41) is 13.8. The number of amides is 1. The van der Waals surface area contributed by atoms with Crippen LogP contribution in [-0.4, -0.2) is 41.4 Å². The Labute approximate surface area is 136 Å². The Kier molecular flexibility index (Phi) is 9.76. The lowest BCUT2D eigenvalue weighted by molar-refractivity contribution is -0.139. The first-order valence-electron chi connectivity index (χ1n) is 7.64. The number of aliphatic carboxylic acids is 1. The van der Waals surface area contributed by atoms with Crippen LogP contribution in [0, 0.1) is 0 Å². The Bertz CT molecular complexity index is 423. The molecule has 0 heterocycles. The molecule has 1 amide bonds. The summed E-state index contributed by atoms with van der Waals surface area (Å²) >= 11 is 0. The van der Waals surface area contributed by atoms with E-state index in [1.807, 2.05) is 0 Å². The van der Waals surface area contributed by atoms with Crippen molar-refractivity contribution in [2.45, 2.75) is 70.6 Å². The Morgan fingerprint density at radius 1 is 1.39 bits per heavy atom. The fraction of sp³-hybridized carbons (Fsp3) is 0.857. The normalized spacial score (nSPS) is 16.2. The highest BCUT2D eigenvalue weighted by atomic mass is 16.6. The van der Waals surface area contributed by atoms with Gasteiger partial charge in [0.05, 0.1) is 6.54 Å². The van der Waals surface area contributed by atoms with Gasteiger partial charge < -0.3 is 20.9 Å². The number of carbonyl (C=O) groups is 2. The van der Waals surface area contributed by atoms with Crippen LogP contribution in [0.15, 0.2) is 5.11 Å². The molecule has 0 aliphatic heterocycles. The van der Waals surface area contributed by atoms with Crippen molar-refractivity contribution in [3.8, 4) is 0 Å². The van der Waals surface area contributed by atoms with E-state index in [-0.39, 0.29) is 6.54 Å². The van der Waals surface area contributed by atoms with Crippen LogP contribution in [0.5, 0.6) is 0 Å². The molecule has 0 radical (unpaired) electrons. The maximum Gasteiger partial charge on any atom is 0.408 e. The summed E-state index contributed by atoms with van der Waals surface area (Å²) in [7, 11) is 0. The fourth-order valence-electron chi connectivity index (χ4n) is 1.89. The standard InChI is InChI=1S/C8H14N4O4.C6H13N/c1-8(2,3)16-7(15)11-5(6(13)14)4-10-12-9;7-6-4-2-1-3-5-6/h5H,4H2,1-3H3,(H,11,15)(H,13,14);6H,1-5,7H2. The van der Waals surface area contributed by atoms with Gasteiger partial charge in [-0.3, -0.25) is 0 Å². The van der Waals surface area contributed by atoms with Crippen molar-refractivity contribution < 1.29 is 19.4 Å². The summed E-state index contributed by atoms with van der Waals surface area (Å²) in [4.78, 5) is 24.3. The highest BCUT2D eigenvalue weighted by molar-refractivity contribution is 5.80. The van der Waals surface area contributed by atoms with Gasteiger partial charge in [-0.15, -0.1) is 0 Å². The quantitative estimate of drug-likeness (QED) is 0.411. The third-order valence-electron chi connectivity index (χ3n) is 2.97. The van der Waals surface area contributed by atoms with Crippen LogP contribution in [0.2, 0.25) is 0 Å². The van der Waals surface area contributed by atoms with Gasteiger partial charge in [-0.05, 0) is 39.1 Å². The van der Waals surface area contributed by atoms with Crippen molar-refractivity contribution in [1.82, 2.24) is 5.32 Å². The molecule has 1 aliphatic carbocycles. The van der Waals surface area contributed by atoms with Gasteiger partial charge in [0.15, 0.2) is 0 Å². The Morgan fingerprint density at radius 2 is 1.96 bits per heavy atom. The van der Waals surface area contributed by atoms with E-state index >= 15 is 0 Å². The number of nitrogens with two attached hydrogens (primary N) is 1. The van der Waals surface area contributed by atoms with Crippen LogP contribution in [0.3, 0.4) is 0 Å². The number of ether oxygens (including phenoxy) is 1. The van der Waals surface area contributed by atoms with Gasteiger partial charge in [0.2, 0.25) is 0 Å². The zero-order chi connectivity index (χ0) is 17.9. The number of hydrogen-bond donors (Lipinski definition) is 3. The zero-order valence-electron chi connectivity index (χ0n) is 14.0. The van der Waals surface area contributed by atoms with Crippen LogP contribution in [0.1, 0.15) is 52.9 Å². The first-order chi connectivity index (χ1) is 10.7. The lowest BCUT2D eigenvalue weighted by Gasteiger charge is -2.21. The number of carbonyl (C=O) groups excluding carboxylic acids is 1. The number of rotatable bonds is 4. The van der Waals surface area contributed by atoms with Crippen molar-refractivity contribution in [2.75, 3.05) is 6.54 Å². The van der Waals surface area contributed by atoms with E-state index in [4.69, 9.17) is 21.1 Å². The second-order valence-electron chi connectivity index (χ2n) is 6.35. The van der Waals surface area contributed by atoms with E-state index in [1.165, 1.54) is 32.1 Å². The molecular weight excluding hydrogens is 302 g/mol. The lowest BCUT2D eigenvalue weighted by Crippen LogP contribution is -2.45. The SMILES string of the molecule is CC(C)(C)OC(=O)NC(CN=[N+]=[N-])C(=O)O.NC1CCCCC1. The third kappa shape index (κ3) is 12.3. The number of nitrogens with zero attached hydrogens (tertiary/aromatic N) is 3. The van der Waals surface area contributed by atoms with Gasteiger partial charge in [0.25, 0.3) is 0 Å². The van der Waals surface area contributed by atoms with E-state index in [0.29, 0.717) is 6.04 Å². The highest BCUT2D eigenvalue weighted by Gasteiger charge is 2.23.